The zero-order chi connectivity index (χ0) is 19.1. The van der Waals surface area contributed by atoms with Gasteiger partial charge in [0.1, 0.15) is 5.76 Å². The molecule has 2 aromatic rings. The fourth-order valence-corrected chi connectivity index (χ4v) is 3.80. The Bertz CT molecular complexity index is 726. The Balaban J connectivity index is 1.50. The number of hydrogen-bond acceptors (Lipinski definition) is 3. The largest absolute Gasteiger partial charge is 0.469 e. The van der Waals surface area contributed by atoms with E-state index in [1.54, 1.807) is 6.26 Å². The predicted molar refractivity (Wildman–Crippen MR) is 109 cm³/mol. The first kappa shape index (κ1) is 19.5. The van der Waals surface area contributed by atoms with Crippen molar-refractivity contribution < 1.29 is 4.42 Å². The molecule has 0 radical (unpaired) electrons. The number of aliphatic imine (C=N–C) groups is 1. The third kappa shape index (κ3) is 5.62. The van der Waals surface area contributed by atoms with Crippen LogP contribution in [-0.2, 0) is 19.9 Å². The first-order chi connectivity index (χ1) is 13.1. The van der Waals surface area contributed by atoms with Gasteiger partial charge in [-0.25, -0.2) is 0 Å². The number of aryl methyl sites for hydroxylation is 2. The third-order valence-corrected chi connectivity index (χ3v) is 5.45. The highest BCUT2D eigenvalue weighted by atomic mass is 16.3. The molecule has 0 aliphatic heterocycles. The summed E-state index contributed by atoms with van der Waals surface area (Å²) >= 11 is 0. The van der Waals surface area contributed by atoms with Crippen LogP contribution in [-0.4, -0.2) is 34.9 Å². The van der Waals surface area contributed by atoms with Gasteiger partial charge in [0.15, 0.2) is 5.96 Å². The van der Waals surface area contributed by atoms with E-state index < -0.39 is 0 Å². The molecular formula is C21H33N5O. The van der Waals surface area contributed by atoms with Gasteiger partial charge in [0.25, 0.3) is 0 Å². The molecule has 1 aliphatic rings. The van der Waals surface area contributed by atoms with E-state index in [9.17, 15) is 0 Å². The van der Waals surface area contributed by atoms with Crippen LogP contribution >= 0.6 is 0 Å². The van der Waals surface area contributed by atoms with Gasteiger partial charge in [-0.05, 0) is 57.2 Å². The molecule has 0 spiro atoms. The molecule has 0 amide bonds. The molecule has 0 saturated heterocycles. The van der Waals surface area contributed by atoms with E-state index >= 15 is 0 Å². The minimum Gasteiger partial charge on any atom is -0.469 e. The molecule has 2 heterocycles. The molecule has 0 unspecified atom stereocenters. The molecule has 6 nitrogen and oxygen atoms in total. The zero-order valence-electron chi connectivity index (χ0n) is 16.9. The van der Waals surface area contributed by atoms with E-state index in [4.69, 9.17) is 9.41 Å². The average Bonchev–Trinajstić information content (AvgIpc) is 3.38. The molecule has 2 N–H and O–H groups in total. The summed E-state index contributed by atoms with van der Waals surface area (Å²) in [6.07, 6.45) is 9.77. The number of furan rings is 1. The summed E-state index contributed by atoms with van der Waals surface area (Å²) in [7, 11) is 2.01. The molecule has 0 aromatic carbocycles. The summed E-state index contributed by atoms with van der Waals surface area (Å²) in [5, 5.41) is 11.6. The van der Waals surface area contributed by atoms with Crippen LogP contribution in [0.25, 0.3) is 0 Å². The monoisotopic (exact) mass is 371 g/mol. The Kier molecular flexibility index (Phi) is 6.96. The van der Waals surface area contributed by atoms with Gasteiger partial charge in [-0.2, -0.15) is 5.10 Å². The van der Waals surface area contributed by atoms with Crippen molar-refractivity contribution in [2.75, 3.05) is 13.1 Å². The number of nitrogens with one attached hydrogen (secondary N) is 2. The van der Waals surface area contributed by atoms with Crippen molar-refractivity contribution >= 4 is 5.96 Å². The number of aromatic nitrogens is 2. The molecule has 3 rings (SSSR count). The normalized spacial score (nSPS) is 15.4. The minimum atomic E-state index is 0.558. The van der Waals surface area contributed by atoms with Gasteiger partial charge in [0, 0.05) is 38.3 Å². The molecule has 1 saturated carbocycles. The van der Waals surface area contributed by atoms with Crippen LogP contribution < -0.4 is 10.6 Å². The second-order valence-electron chi connectivity index (χ2n) is 7.49. The van der Waals surface area contributed by atoms with Gasteiger partial charge in [-0.15, -0.1) is 0 Å². The van der Waals surface area contributed by atoms with Crippen LogP contribution in [0.15, 0.2) is 27.8 Å². The Morgan fingerprint density at radius 1 is 1.30 bits per heavy atom. The summed E-state index contributed by atoms with van der Waals surface area (Å²) in [6.45, 7) is 5.88. The van der Waals surface area contributed by atoms with Gasteiger partial charge >= 0.3 is 0 Å². The number of guanidine groups is 1. The SMILES string of the molecule is Cc1nn(C)c(C)c1CCCN=C(NCCc1ccco1)NC1CCCC1. The molecule has 148 valence electrons. The average molecular weight is 372 g/mol. The lowest BCUT2D eigenvalue weighted by Crippen LogP contribution is -2.43. The Hall–Kier alpha value is -2.24. The maximum absolute atomic E-state index is 5.41. The lowest BCUT2D eigenvalue weighted by atomic mass is 10.1. The summed E-state index contributed by atoms with van der Waals surface area (Å²) in [5.41, 5.74) is 3.76. The van der Waals surface area contributed by atoms with Crippen molar-refractivity contribution in [2.24, 2.45) is 12.0 Å². The first-order valence-electron chi connectivity index (χ1n) is 10.2. The fraction of sp³-hybridized carbons (Fsp3) is 0.619. The van der Waals surface area contributed by atoms with E-state index in [0.717, 1.165) is 49.8 Å². The minimum absolute atomic E-state index is 0.558. The standard InChI is InChI=1S/C21H33N5O/c1-16-20(17(2)26(3)25-16)11-6-13-22-21(24-18-8-4-5-9-18)23-14-12-19-10-7-15-27-19/h7,10,15,18H,4-6,8-9,11-14H2,1-3H3,(H2,22,23,24). The van der Waals surface area contributed by atoms with Crippen molar-refractivity contribution in [2.45, 2.75) is 64.8 Å². The van der Waals surface area contributed by atoms with E-state index in [-0.39, 0.29) is 0 Å². The van der Waals surface area contributed by atoms with Crippen LogP contribution in [0.3, 0.4) is 0 Å². The van der Waals surface area contributed by atoms with Crippen LogP contribution in [0.4, 0.5) is 0 Å². The maximum Gasteiger partial charge on any atom is 0.191 e. The van der Waals surface area contributed by atoms with Crippen molar-refractivity contribution in [3.63, 3.8) is 0 Å². The molecule has 1 fully saturated rings. The van der Waals surface area contributed by atoms with Crippen LogP contribution in [0.2, 0.25) is 0 Å². The second kappa shape index (κ2) is 9.62. The number of nitrogens with zero attached hydrogens (tertiary/aromatic N) is 3. The van der Waals surface area contributed by atoms with Crippen LogP contribution in [0, 0.1) is 13.8 Å². The predicted octanol–water partition coefficient (Wildman–Crippen LogP) is 3.28. The zero-order valence-corrected chi connectivity index (χ0v) is 16.9. The number of hydrogen-bond donors (Lipinski definition) is 2. The van der Waals surface area contributed by atoms with Crippen LogP contribution in [0.1, 0.15) is 54.8 Å². The molecule has 0 atom stereocenters. The highest BCUT2D eigenvalue weighted by molar-refractivity contribution is 5.80. The molecule has 6 heteroatoms. The van der Waals surface area contributed by atoms with E-state index in [2.05, 4.69) is 29.6 Å². The van der Waals surface area contributed by atoms with E-state index in [0.29, 0.717) is 6.04 Å². The van der Waals surface area contributed by atoms with Crippen molar-refractivity contribution in [1.82, 2.24) is 20.4 Å². The summed E-state index contributed by atoms with van der Waals surface area (Å²) in [4.78, 5) is 4.82. The quantitative estimate of drug-likeness (QED) is 0.424. The summed E-state index contributed by atoms with van der Waals surface area (Å²) < 4.78 is 7.38. The highest BCUT2D eigenvalue weighted by Crippen LogP contribution is 2.17. The third-order valence-electron chi connectivity index (χ3n) is 5.45. The van der Waals surface area contributed by atoms with Gasteiger partial charge in [0.2, 0.25) is 0 Å². The fourth-order valence-electron chi connectivity index (χ4n) is 3.80. The van der Waals surface area contributed by atoms with E-state index in [1.165, 1.54) is 36.9 Å². The van der Waals surface area contributed by atoms with Crippen molar-refractivity contribution in [3.8, 4) is 0 Å². The van der Waals surface area contributed by atoms with Gasteiger partial charge in [-0.1, -0.05) is 12.8 Å². The molecule has 0 bridgehead atoms. The molecule has 2 aromatic heterocycles. The van der Waals surface area contributed by atoms with Crippen LogP contribution in [0.5, 0.6) is 0 Å². The van der Waals surface area contributed by atoms with Gasteiger partial charge in [0.05, 0.1) is 12.0 Å². The maximum atomic E-state index is 5.41. The molecular weight excluding hydrogens is 338 g/mol. The van der Waals surface area contributed by atoms with Crippen molar-refractivity contribution in [1.29, 1.82) is 0 Å². The topological polar surface area (TPSA) is 67.4 Å². The Labute approximate surface area is 162 Å². The van der Waals surface area contributed by atoms with Crippen molar-refractivity contribution in [3.05, 3.63) is 41.1 Å². The smallest absolute Gasteiger partial charge is 0.191 e. The van der Waals surface area contributed by atoms with Gasteiger partial charge in [-0.3, -0.25) is 9.67 Å². The summed E-state index contributed by atoms with van der Waals surface area (Å²) in [6, 6.07) is 4.51. The number of rotatable bonds is 8. The highest BCUT2D eigenvalue weighted by Gasteiger charge is 2.16. The molecule has 1 aliphatic carbocycles. The Morgan fingerprint density at radius 3 is 2.78 bits per heavy atom. The Morgan fingerprint density at radius 2 is 2.11 bits per heavy atom. The second-order valence-corrected chi connectivity index (χ2v) is 7.49. The molecule has 27 heavy (non-hydrogen) atoms. The van der Waals surface area contributed by atoms with E-state index in [1.807, 2.05) is 23.9 Å². The van der Waals surface area contributed by atoms with Gasteiger partial charge < -0.3 is 15.1 Å². The lowest BCUT2D eigenvalue weighted by molar-refractivity contribution is 0.506. The first-order valence-corrected chi connectivity index (χ1v) is 10.2. The lowest BCUT2D eigenvalue weighted by Gasteiger charge is -2.17. The summed E-state index contributed by atoms with van der Waals surface area (Å²) in [5.74, 6) is 1.94.